The van der Waals surface area contributed by atoms with E-state index in [4.69, 9.17) is 0 Å². The third-order valence-electron chi connectivity index (χ3n) is 2.60. The molecule has 2 aromatic rings. The first-order valence-electron chi connectivity index (χ1n) is 5.70. The molecule has 1 heterocycles. The Morgan fingerprint density at radius 3 is 2.67 bits per heavy atom. The van der Waals surface area contributed by atoms with Crippen LogP contribution in [-0.2, 0) is 0 Å². The molecule has 0 saturated heterocycles. The Morgan fingerprint density at radius 1 is 1.22 bits per heavy atom. The van der Waals surface area contributed by atoms with Crippen LogP contribution >= 0.6 is 11.8 Å². The molecule has 18 heavy (non-hydrogen) atoms. The predicted octanol–water partition coefficient (Wildman–Crippen LogP) is 4.51. The zero-order valence-electron chi connectivity index (χ0n) is 10.7. The van der Waals surface area contributed by atoms with E-state index in [0.717, 1.165) is 32.0 Å². The highest BCUT2D eigenvalue weighted by molar-refractivity contribution is 8.11. The molecule has 0 fully saturated rings. The maximum absolute atomic E-state index is 4.30. The molecule has 1 aromatic carbocycles. The first-order valence-corrected chi connectivity index (χ1v) is 6.52. The molecule has 1 N–H and O–H groups in total. The maximum atomic E-state index is 4.30. The first-order chi connectivity index (χ1) is 8.60. The number of rotatable bonds is 4. The Hall–Kier alpha value is -1.74. The fourth-order valence-electron chi connectivity index (χ4n) is 1.72. The summed E-state index contributed by atoms with van der Waals surface area (Å²) in [7, 11) is 1.87. The number of anilines is 1. The molecule has 0 unspecified atom stereocenters. The van der Waals surface area contributed by atoms with Gasteiger partial charge in [-0.1, -0.05) is 37.1 Å². The molecule has 3 heteroatoms. The van der Waals surface area contributed by atoms with E-state index in [-0.39, 0.29) is 0 Å². The number of aromatic nitrogens is 1. The molecule has 0 amide bonds. The van der Waals surface area contributed by atoms with Crippen molar-refractivity contribution < 1.29 is 0 Å². The van der Waals surface area contributed by atoms with E-state index in [1.807, 2.05) is 26.2 Å². The maximum Gasteiger partial charge on any atom is 0.126 e. The van der Waals surface area contributed by atoms with Gasteiger partial charge in [0, 0.05) is 23.5 Å². The molecule has 0 spiro atoms. The Labute approximate surface area is 112 Å². The summed E-state index contributed by atoms with van der Waals surface area (Å²) in [5.74, 6) is 0.873. The number of nitrogens with zero attached hydrogens (tertiary/aromatic N) is 1. The molecule has 0 aliphatic rings. The number of benzene rings is 1. The minimum Gasteiger partial charge on any atom is -0.373 e. The zero-order chi connectivity index (χ0) is 13.1. The van der Waals surface area contributed by atoms with Crippen LogP contribution in [0.15, 0.2) is 48.5 Å². The smallest absolute Gasteiger partial charge is 0.126 e. The van der Waals surface area contributed by atoms with Gasteiger partial charge in [0.25, 0.3) is 0 Å². The lowest BCUT2D eigenvalue weighted by atomic mass is 10.1. The molecule has 0 saturated carbocycles. The number of fused-ring (bicyclic) bond motifs is 1. The second-order valence-corrected chi connectivity index (χ2v) is 5.50. The van der Waals surface area contributed by atoms with Crippen molar-refractivity contribution >= 4 is 33.3 Å². The van der Waals surface area contributed by atoms with Crippen LogP contribution in [0.1, 0.15) is 12.5 Å². The number of allylic oxidation sites excluding steroid dienone is 1. The van der Waals surface area contributed by atoms with Crippen LogP contribution in [0.5, 0.6) is 0 Å². The van der Waals surface area contributed by atoms with E-state index in [0.29, 0.717) is 0 Å². The van der Waals surface area contributed by atoms with E-state index < -0.39 is 0 Å². The van der Waals surface area contributed by atoms with Gasteiger partial charge in [0.05, 0.1) is 0 Å². The van der Waals surface area contributed by atoms with Crippen LogP contribution in [0.3, 0.4) is 0 Å². The van der Waals surface area contributed by atoms with E-state index in [9.17, 15) is 0 Å². The lowest BCUT2D eigenvalue weighted by Crippen LogP contribution is -1.91. The van der Waals surface area contributed by atoms with Gasteiger partial charge in [0.15, 0.2) is 0 Å². The Morgan fingerprint density at radius 2 is 2.00 bits per heavy atom. The fourth-order valence-corrected chi connectivity index (χ4v) is 2.39. The Balaban J connectivity index is 2.42. The Bertz CT molecular complexity index is 617. The molecule has 1 aromatic heterocycles. The lowest BCUT2D eigenvalue weighted by Gasteiger charge is -2.07. The molecule has 0 aliphatic heterocycles. The normalized spacial score (nSPS) is 10.3. The van der Waals surface area contributed by atoms with Gasteiger partial charge in [-0.05, 0) is 34.9 Å². The number of pyridine rings is 1. The van der Waals surface area contributed by atoms with Crippen molar-refractivity contribution in [3.05, 3.63) is 54.1 Å². The monoisotopic (exact) mass is 256 g/mol. The summed E-state index contributed by atoms with van der Waals surface area (Å²) in [6.07, 6.45) is 1.87. The molecular formula is C15H16N2S. The van der Waals surface area contributed by atoms with Crippen LogP contribution in [-0.4, -0.2) is 12.0 Å². The van der Waals surface area contributed by atoms with Gasteiger partial charge >= 0.3 is 0 Å². The molecule has 0 bridgehead atoms. The average molecular weight is 256 g/mol. The minimum atomic E-state index is 0.873. The summed E-state index contributed by atoms with van der Waals surface area (Å²) in [6.45, 7) is 9.96. The molecular weight excluding hydrogens is 240 g/mol. The molecule has 0 atom stereocenters. The van der Waals surface area contributed by atoms with E-state index in [2.05, 4.69) is 41.7 Å². The fraction of sp³-hybridized carbons (Fsp3) is 0.133. The van der Waals surface area contributed by atoms with Gasteiger partial charge in [0.2, 0.25) is 0 Å². The number of nitrogens with one attached hydrogen (secondary N) is 1. The summed E-state index contributed by atoms with van der Waals surface area (Å²) in [5, 5.41) is 5.34. The second-order valence-electron chi connectivity index (χ2n) is 4.11. The third-order valence-corrected chi connectivity index (χ3v) is 3.43. The Kier molecular flexibility index (Phi) is 3.72. The highest BCUT2D eigenvalue weighted by atomic mass is 32.2. The molecule has 0 radical (unpaired) electrons. The van der Waals surface area contributed by atoms with Crippen molar-refractivity contribution in [2.24, 2.45) is 0 Å². The standard InChI is InChI=1S/C15H16N2S/c1-10(2)18-11(3)12-5-6-13-9-17-15(16-4)8-14(13)7-12/h5-9H,1,3H2,2,4H3,(H,16,17). The average Bonchev–Trinajstić information content (AvgIpc) is 2.36. The number of hydrogen-bond acceptors (Lipinski definition) is 3. The van der Waals surface area contributed by atoms with Crippen LogP contribution in [0.2, 0.25) is 0 Å². The van der Waals surface area contributed by atoms with Gasteiger partial charge in [0.1, 0.15) is 5.82 Å². The second kappa shape index (κ2) is 5.27. The molecule has 92 valence electrons. The quantitative estimate of drug-likeness (QED) is 0.871. The first kappa shape index (κ1) is 12.7. The SMILES string of the molecule is C=C(C)SC(=C)c1ccc2cnc(NC)cc2c1. The molecule has 0 aliphatic carbocycles. The third kappa shape index (κ3) is 2.74. The molecule has 2 nitrogen and oxygen atoms in total. The van der Waals surface area contributed by atoms with Crippen LogP contribution < -0.4 is 5.32 Å². The van der Waals surface area contributed by atoms with Crippen LogP contribution in [0.4, 0.5) is 5.82 Å². The predicted molar refractivity (Wildman–Crippen MR) is 82.7 cm³/mol. The van der Waals surface area contributed by atoms with Crippen molar-refractivity contribution in [3.63, 3.8) is 0 Å². The zero-order valence-corrected chi connectivity index (χ0v) is 11.5. The van der Waals surface area contributed by atoms with Gasteiger partial charge in [-0.3, -0.25) is 0 Å². The topological polar surface area (TPSA) is 24.9 Å². The van der Waals surface area contributed by atoms with Crippen molar-refractivity contribution in [3.8, 4) is 0 Å². The van der Waals surface area contributed by atoms with Gasteiger partial charge in [-0.15, -0.1) is 0 Å². The van der Waals surface area contributed by atoms with E-state index in [1.165, 1.54) is 0 Å². The molecule has 2 rings (SSSR count). The van der Waals surface area contributed by atoms with Crippen molar-refractivity contribution in [2.75, 3.05) is 12.4 Å². The highest BCUT2D eigenvalue weighted by Gasteiger charge is 2.03. The summed E-state index contributed by atoms with van der Waals surface area (Å²) >= 11 is 1.61. The summed E-state index contributed by atoms with van der Waals surface area (Å²) < 4.78 is 0. The van der Waals surface area contributed by atoms with E-state index in [1.54, 1.807) is 11.8 Å². The van der Waals surface area contributed by atoms with Crippen molar-refractivity contribution in [1.29, 1.82) is 0 Å². The summed E-state index contributed by atoms with van der Waals surface area (Å²) in [5.41, 5.74) is 1.13. The van der Waals surface area contributed by atoms with Crippen LogP contribution in [0, 0.1) is 0 Å². The van der Waals surface area contributed by atoms with Crippen molar-refractivity contribution in [1.82, 2.24) is 4.98 Å². The van der Waals surface area contributed by atoms with Crippen LogP contribution in [0.25, 0.3) is 15.7 Å². The van der Waals surface area contributed by atoms with Gasteiger partial charge in [-0.2, -0.15) is 0 Å². The van der Waals surface area contributed by atoms with Gasteiger partial charge in [-0.25, -0.2) is 4.98 Å². The van der Waals surface area contributed by atoms with E-state index >= 15 is 0 Å². The van der Waals surface area contributed by atoms with Crippen molar-refractivity contribution in [2.45, 2.75) is 6.92 Å². The summed E-state index contributed by atoms with van der Waals surface area (Å²) in [4.78, 5) is 6.36. The largest absolute Gasteiger partial charge is 0.373 e. The number of hydrogen-bond donors (Lipinski definition) is 1. The summed E-state index contributed by atoms with van der Waals surface area (Å²) in [6, 6.07) is 8.32. The lowest BCUT2D eigenvalue weighted by molar-refractivity contribution is 1.31. The van der Waals surface area contributed by atoms with Gasteiger partial charge < -0.3 is 5.32 Å². The number of thioether (sulfide) groups is 1. The minimum absolute atomic E-state index is 0.873. The highest BCUT2D eigenvalue weighted by Crippen LogP contribution is 2.32.